The first-order valence-electron chi connectivity index (χ1n) is 5.00. The van der Waals surface area contributed by atoms with Crippen LogP contribution in [0.3, 0.4) is 0 Å². The maximum Gasteiger partial charge on any atom is 0.121 e. The lowest BCUT2D eigenvalue weighted by molar-refractivity contribution is 0.411. The highest BCUT2D eigenvalue weighted by Gasteiger charge is 2.00. The van der Waals surface area contributed by atoms with Crippen LogP contribution in [0.1, 0.15) is 25.0 Å². The van der Waals surface area contributed by atoms with Crippen molar-refractivity contribution in [3.63, 3.8) is 0 Å². The third-order valence-electron chi connectivity index (χ3n) is 2.17. The Bertz CT molecular complexity index is 294. The van der Waals surface area contributed by atoms with Gasteiger partial charge in [0.25, 0.3) is 0 Å². The molecule has 0 aliphatic heterocycles. The van der Waals surface area contributed by atoms with E-state index in [0.29, 0.717) is 6.04 Å². The van der Waals surface area contributed by atoms with E-state index >= 15 is 0 Å². The van der Waals surface area contributed by atoms with Gasteiger partial charge in [0.1, 0.15) is 5.75 Å². The Kier molecular flexibility index (Phi) is 3.96. The molecule has 78 valence electrons. The van der Waals surface area contributed by atoms with E-state index in [9.17, 15) is 0 Å². The lowest BCUT2D eigenvalue weighted by atomic mass is 10.1. The van der Waals surface area contributed by atoms with Crippen molar-refractivity contribution in [1.82, 2.24) is 5.32 Å². The van der Waals surface area contributed by atoms with E-state index in [-0.39, 0.29) is 0 Å². The number of methoxy groups -OCH3 is 1. The van der Waals surface area contributed by atoms with Gasteiger partial charge in [-0.25, -0.2) is 0 Å². The summed E-state index contributed by atoms with van der Waals surface area (Å²) in [4.78, 5) is 0. The summed E-state index contributed by atoms with van der Waals surface area (Å²) in [7, 11) is 1.70. The minimum absolute atomic E-state index is 0.525. The Morgan fingerprint density at radius 1 is 1.36 bits per heavy atom. The van der Waals surface area contributed by atoms with Crippen molar-refractivity contribution < 1.29 is 4.74 Å². The monoisotopic (exact) mass is 193 g/mol. The fraction of sp³-hybridized carbons (Fsp3) is 0.500. The second-order valence-corrected chi connectivity index (χ2v) is 3.84. The molecule has 0 spiro atoms. The van der Waals surface area contributed by atoms with Gasteiger partial charge in [0.2, 0.25) is 0 Å². The van der Waals surface area contributed by atoms with Gasteiger partial charge in [-0.2, -0.15) is 0 Å². The minimum atomic E-state index is 0.525. The normalized spacial score (nSPS) is 10.6. The summed E-state index contributed by atoms with van der Waals surface area (Å²) in [6.45, 7) is 7.28. The molecule has 0 radical (unpaired) electrons. The fourth-order valence-electron chi connectivity index (χ4n) is 1.37. The minimum Gasteiger partial charge on any atom is -0.496 e. The predicted octanol–water partition coefficient (Wildman–Crippen LogP) is 2.50. The quantitative estimate of drug-likeness (QED) is 0.793. The van der Waals surface area contributed by atoms with Gasteiger partial charge in [0.15, 0.2) is 0 Å². The number of aryl methyl sites for hydroxylation is 1. The van der Waals surface area contributed by atoms with Crippen LogP contribution < -0.4 is 10.1 Å². The molecule has 1 aromatic rings. The molecular formula is C12H19NO. The van der Waals surface area contributed by atoms with Crippen LogP contribution in [-0.4, -0.2) is 13.2 Å². The molecule has 2 heteroatoms. The zero-order valence-electron chi connectivity index (χ0n) is 9.42. The van der Waals surface area contributed by atoms with Crippen LogP contribution in [0.5, 0.6) is 5.75 Å². The van der Waals surface area contributed by atoms with Gasteiger partial charge in [0.05, 0.1) is 7.11 Å². The molecule has 0 bridgehead atoms. The maximum atomic E-state index is 5.21. The first kappa shape index (κ1) is 11.1. The van der Waals surface area contributed by atoms with Gasteiger partial charge in [-0.15, -0.1) is 0 Å². The molecule has 0 fully saturated rings. The van der Waals surface area contributed by atoms with Crippen molar-refractivity contribution in [2.45, 2.75) is 33.4 Å². The van der Waals surface area contributed by atoms with Crippen LogP contribution in [0.25, 0.3) is 0 Å². The van der Waals surface area contributed by atoms with Gasteiger partial charge in [0, 0.05) is 12.6 Å². The molecule has 0 amide bonds. The number of ether oxygens (including phenoxy) is 1. The predicted molar refractivity (Wildman–Crippen MR) is 59.7 cm³/mol. The average molecular weight is 193 g/mol. The molecule has 0 heterocycles. The first-order chi connectivity index (χ1) is 6.63. The van der Waals surface area contributed by atoms with Crippen LogP contribution in [0.4, 0.5) is 0 Å². The highest BCUT2D eigenvalue weighted by atomic mass is 16.5. The Morgan fingerprint density at radius 3 is 2.57 bits per heavy atom. The summed E-state index contributed by atoms with van der Waals surface area (Å²) in [6.07, 6.45) is 0. The van der Waals surface area contributed by atoms with Gasteiger partial charge in [-0.05, 0) is 24.1 Å². The average Bonchev–Trinajstić information content (AvgIpc) is 2.15. The van der Waals surface area contributed by atoms with Crippen molar-refractivity contribution in [3.8, 4) is 5.75 Å². The van der Waals surface area contributed by atoms with Gasteiger partial charge in [-0.1, -0.05) is 26.0 Å². The van der Waals surface area contributed by atoms with E-state index in [2.05, 4.69) is 38.2 Å². The van der Waals surface area contributed by atoms with Crippen LogP contribution in [0, 0.1) is 6.92 Å². The molecule has 0 aliphatic carbocycles. The zero-order chi connectivity index (χ0) is 10.6. The maximum absolute atomic E-state index is 5.21. The topological polar surface area (TPSA) is 21.3 Å². The number of hydrogen-bond donors (Lipinski definition) is 1. The third-order valence-corrected chi connectivity index (χ3v) is 2.17. The highest BCUT2D eigenvalue weighted by Crippen LogP contribution is 2.18. The summed E-state index contributed by atoms with van der Waals surface area (Å²) in [6, 6.07) is 6.81. The molecule has 14 heavy (non-hydrogen) atoms. The molecule has 1 N–H and O–H groups in total. The largest absolute Gasteiger partial charge is 0.496 e. The molecule has 2 nitrogen and oxygen atoms in total. The SMILES string of the molecule is COc1ccc(CNC(C)C)cc1C. The second-order valence-electron chi connectivity index (χ2n) is 3.84. The molecule has 1 aromatic carbocycles. The van der Waals surface area contributed by atoms with Crippen LogP contribution in [0.15, 0.2) is 18.2 Å². The number of benzene rings is 1. The smallest absolute Gasteiger partial charge is 0.121 e. The van der Waals surface area contributed by atoms with Gasteiger partial charge in [-0.3, -0.25) is 0 Å². The third kappa shape index (κ3) is 3.04. The summed E-state index contributed by atoms with van der Waals surface area (Å²) < 4.78 is 5.21. The Hall–Kier alpha value is -1.02. The van der Waals surface area contributed by atoms with Crippen molar-refractivity contribution in [2.75, 3.05) is 7.11 Å². The van der Waals surface area contributed by atoms with E-state index in [1.807, 2.05) is 6.07 Å². The van der Waals surface area contributed by atoms with E-state index in [4.69, 9.17) is 4.74 Å². The molecule has 0 saturated carbocycles. The summed E-state index contributed by atoms with van der Waals surface area (Å²) in [5, 5.41) is 3.39. The van der Waals surface area contributed by atoms with Crippen LogP contribution in [0.2, 0.25) is 0 Å². The van der Waals surface area contributed by atoms with E-state index in [1.165, 1.54) is 11.1 Å². The van der Waals surface area contributed by atoms with Crippen molar-refractivity contribution in [1.29, 1.82) is 0 Å². The van der Waals surface area contributed by atoms with Gasteiger partial charge >= 0.3 is 0 Å². The van der Waals surface area contributed by atoms with Crippen molar-refractivity contribution in [3.05, 3.63) is 29.3 Å². The molecule has 0 aromatic heterocycles. The molecule has 0 aliphatic rings. The lowest BCUT2D eigenvalue weighted by Gasteiger charge is -2.10. The Morgan fingerprint density at radius 2 is 2.07 bits per heavy atom. The standard InChI is InChI=1S/C12H19NO/c1-9(2)13-8-11-5-6-12(14-4)10(3)7-11/h5-7,9,13H,8H2,1-4H3. The molecule has 1 rings (SSSR count). The molecule has 0 unspecified atom stereocenters. The van der Waals surface area contributed by atoms with Crippen molar-refractivity contribution in [2.24, 2.45) is 0 Å². The highest BCUT2D eigenvalue weighted by molar-refractivity contribution is 5.36. The first-order valence-corrected chi connectivity index (χ1v) is 5.00. The fourth-order valence-corrected chi connectivity index (χ4v) is 1.37. The number of hydrogen-bond acceptors (Lipinski definition) is 2. The number of nitrogens with one attached hydrogen (secondary N) is 1. The molecular weight excluding hydrogens is 174 g/mol. The van der Waals surface area contributed by atoms with Crippen LogP contribution in [-0.2, 0) is 6.54 Å². The van der Waals surface area contributed by atoms with Gasteiger partial charge < -0.3 is 10.1 Å². The summed E-state index contributed by atoms with van der Waals surface area (Å²) in [5.74, 6) is 0.957. The second kappa shape index (κ2) is 5.01. The summed E-state index contributed by atoms with van der Waals surface area (Å²) in [5.41, 5.74) is 2.49. The zero-order valence-corrected chi connectivity index (χ0v) is 9.42. The molecule has 0 saturated heterocycles. The van der Waals surface area contributed by atoms with E-state index < -0.39 is 0 Å². The summed E-state index contributed by atoms with van der Waals surface area (Å²) >= 11 is 0. The van der Waals surface area contributed by atoms with Crippen LogP contribution >= 0.6 is 0 Å². The lowest BCUT2D eigenvalue weighted by Crippen LogP contribution is -2.21. The Labute approximate surface area is 86.3 Å². The number of rotatable bonds is 4. The van der Waals surface area contributed by atoms with E-state index in [0.717, 1.165) is 12.3 Å². The molecule has 0 atom stereocenters. The van der Waals surface area contributed by atoms with E-state index in [1.54, 1.807) is 7.11 Å². The van der Waals surface area contributed by atoms with Crippen molar-refractivity contribution >= 4 is 0 Å². The Balaban J connectivity index is 2.66.